The van der Waals surface area contributed by atoms with Gasteiger partial charge in [-0.15, -0.1) is 0 Å². The van der Waals surface area contributed by atoms with Gasteiger partial charge in [-0.2, -0.15) is 0 Å². The fourth-order valence-electron chi connectivity index (χ4n) is 4.15. The lowest BCUT2D eigenvalue weighted by Crippen LogP contribution is -2.31. The second kappa shape index (κ2) is 10.5. The van der Waals surface area contributed by atoms with Crippen LogP contribution in [0.1, 0.15) is 42.4 Å². The van der Waals surface area contributed by atoms with Crippen molar-refractivity contribution in [3.8, 4) is 5.69 Å². The summed E-state index contributed by atoms with van der Waals surface area (Å²) < 4.78 is 1.93. The number of hydrogen-bond acceptors (Lipinski definition) is 6. The summed E-state index contributed by atoms with van der Waals surface area (Å²) in [5.41, 5.74) is 4.88. The van der Waals surface area contributed by atoms with Gasteiger partial charge in [0.1, 0.15) is 5.84 Å². The SMILES string of the molecule is N=CN(C(=N)c1cccc(NC(O)c2cc(-n3cnc(CC4=CCC=CC=C4)c3)ccn2)c1)C1CC1. The maximum atomic E-state index is 10.9. The molecule has 1 unspecified atom stereocenters. The third-order valence-corrected chi connectivity index (χ3v) is 6.21. The van der Waals surface area contributed by atoms with E-state index in [2.05, 4.69) is 45.7 Å². The van der Waals surface area contributed by atoms with Gasteiger partial charge in [0.25, 0.3) is 0 Å². The molecular weight excluding hydrogens is 450 g/mol. The number of imidazole rings is 1. The molecule has 0 bridgehead atoms. The first-order chi connectivity index (χ1) is 17.6. The third kappa shape index (κ3) is 5.50. The molecule has 4 N–H and O–H groups in total. The number of pyridine rings is 1. The van der Waals surface area contributed by atoms with E-state index in [9.17, 15) is 5.11 Å². The molecule has 5 rings (SSSR count). The van der Waals surface area contributed by atoms with E-state index in [1.807, 2.05) is 47.2 Å². The van der Waals surface area contributed by atoms with Crippen LogP contribution in [0.5, 0.6) is 0 Å². The highest BCUT2D eigenvalue weighted by molar-refractivity contribution is 6.03. The summed E-state index contributed by atoms with van der Waals surface area (Å²) in [4.78, 5) is 10.6. The lowest BCUT2D eigenvalue weighted by molar-refractivity contribution is 0.203. The molecule has 2 aliphatic rings. The Morgan fingerprint density at radius 1 is 1.22 bits per heavy atom. The van der Waals surface area contributed by atoms with Gasteiger partial charge in [-0.25, -0.2) is 4.98 Å². The van der Waals surface area contributed by atoms with Crippen LogP contribution in [0.3, 0.4) is 0 Å². The second-order valence-electron chi connectivity index (χ2n) is 8.93. The quantitative estimate of drug-likeness (QED) is 0.201. The van der Waals surface area contributed by atoms with E-state index in [1.165, 1.54) is 11.9 Å². The van der Waals surface area contributed by atoms with Crippen LogP contribution in [-0.4, -0.2) is 42.8 Å². The molecule has 1 atom stereocenters. The Hall–Kier alpha value is -4.30. The van der Waals surface area contributed by atoms with Crippen LogP contribution in [0, 0.1) is 10.8 Å². The minimum atomic E-state index is -1.03. The number of hydrogen-bond donors (Lipinski definition) is 4. The number of allylic oxidation sites excluding steroid dienone is 6. The monoisotopic (exact) mass is 479 g/mol. The van der Waals surface area contributed by atoms with Crippen LogP contribution < -0.4 is 5.32 Å². The molecule has 3 aromatic rings. The van der Waals surface area contributed by atoms with Crippen molar-refractivity contribution in [2.24, 2.45) is 0 Å². The number of aromatic nitrogens is 3. The molecule has 1 saturated carbocycles. The zero-order valence-corrected chi connectivity index (χ0v) is 19.9. The van der Waals surface area contributed by atoms with Crippen LogP contribution in [0.4, 0.5) is 5.69 Å². The van der Waals surface area contributed by atoms with E-state index in [0.717, 1.165) is 37.1 Å². The van der Waals surface area contributed by atoms with E-state index in [4.69, 9.17) is 10.8 Å². The number of amidine groups is 1. The van der Waals surface area contributed by atoms with Gasteiger partial charge in [-0.05, 0) is 49.1 Å². The summed E-state index contributed by atoms with van der Waals surface area (Å²) in [5.74, 6) is 0.285. The minimum absolute atomic E-state index is 0.241. The van der Waals surface area contributed by atoms with Crippen LogP contribution in [0.25, 0.3) is 5.69 Å². The van der Waals surface area contributed by atoms with Crippen LogP contribution in [0.2, 0.25) is 0 Å². The first-order valence-corrected chi connectivity index (χ1v) is 12.0. The molecule has 8 nitrogen and oxygen atoms in total. The maximum Gasteiger partial charge on any atom is 0.168 e. The average molecular weight is 480 g/mol. The molecule has 2 aliphatic carbocycles. The fraction of sp³-hybridized carbons (Fsp3) is 0.214. The summed E-state index contributed by atoms with van der Waals surface area (Å²) in [6, 6.07) is 11.3. The highest BCUT2D eigenvalue weighted by Gasteiger charge is 2.30. The predicted molar refractivity (Wildman–Crippen MR) is 142 cm³/mol. The Balaban J connectivity index is 1.27. The van der Waals surface area contributed by atoms with Gasteiger partial charge < -0.3 is 19.9 Å². The van der Waals surface area contributed by atoms with E-state index in [-0.39, 0.29) is 11.9 Å². The van der Waals surface area contributed by atoms with Gasteiger partial charge >= 0.3 is 0 Å². The fourth-order valence-corrected chi connectivity index (χ4v) is 4.15. The highest BCUT2D eigenvalue weighted by atomic mass is 16.3. The molecular formula is C28H29N7O. The van der Waals surface area contributed by atoms with Crippen LogP contribution in [-0.2, 0) is 6.42 Å². The molecule has 2 aromatic heterocycles. The van der Waals surface area contributed by atoms with Crippen molar-refractivity contribution in [3.05, 3.63) is 108 Å². The summed E-state index contributed by atoms with van der Waals surface area (Å²) in [6.45, 7) is 0. The van der Waals surface area contributed by atoms with Crippen LogP contribution in [0.15, 0.2) is 91.1 Å². The lowest BCUT2D eigenvalue weighted by atomic mass is 10.1. The van der Waals surface area contributed by atoms with Crippen molar-refractivity contribution in [1.82, 2.24) is 19.4 Å². The Morgan fingerprint density at radius 2 is 2.11 bits per heavy atom. The van der Waals surface area contributed by atoms with E-state index in [1.54, 1.807) is 17.4 Å². The standard InChI is InChI=1S/C28H29N7O/c29-18-35(24-10-11-24)27(30)21-8-5-9-22(15-21)33-28(36)26-16-25(12-13-31-26)34-17-23(32-19-34)14-20-6-3-1-2-4-7-20/h1-3,5-9,12-13,15-19,24,28-30,33,36H,4,10-11,14H2. The first-order valence-electron chi connectivity index (χ1n) is 12.0. The van der Waals surface area contributed by atoms with Crippen LogP contribution >= 0.6 is 0 Å². The molecule has 0 saturated heterocycles. The van der Waals surface area contributed by atoms with Crippen molar-refractivity contribution < 1.29 is 5.11 Å². The highest BCUT2D eigenvalue weighted by Crippen LogP contribution is 2.28. The summed E-state index contributed by atoms with van der Waals surface area (Å²) in [5, 5.41) is 30.0. The minimum Gasteiger partial charge on any atom is -0.368 e. The Morgan fingerprint density at radius 3 is 2.94 bits per heavy atom. The molecule has 0 amide bonds. The number of anilines is 1. The molecule has 36 heavy (non-hydrogen) atoms. The Kier molecular flexibility index (Phi) is 6.86. The number of aliphatic hydroxyl groups is 1. The maximum absolute atomic E-state index is 10.9. The molecule has 0 radical (unpaired) electrons. The van der Waals surface area contributed by atoms with Crippen molar-refractivity contribution in [1.29, 1.82) is 10.8 Å². The van der Waals surface area contributed by atoms with Gasteiger partial charge in [-0.3, -0.25) is 15.8 Å². The zero-order chi connectivity index (χ0) is 24.9. The van der Waals surface area contributed by atoms with Crippen molar-refractivity contribution in [2.45, 2.75) is 38.0 Å². The van der Waals surface area contributed by atoms with E-state index >= 15 is 0 Å². The van der Waals surface area contributed by atoms with Crippen molar-refractivity contribution in [2.75, 3.05) is 5.32 Å². The Labute approximate surface area is 210 Å². The van der Waals surface area contributed by atoms with Gasteiger partial charge in [0.05, 0.1) is 24.1 Å². The topological polar surface area (TPSA) is 114 Å². The molecule has 8 heteroatoms. The van der Waals surface area contributed by atoms with Gasteiger partial charge in [0.15, 0.2) is 6.23 Å². The largest absolute Gasteiger partial charge is 0.368 e. The molecule has 0 spiro atoms. The number of rotatable bonds is 9. The zero-order valence-electron chi connectivity index (χ0n) is 19.9. The lowest BCUT2D eigenvalue weighted by Gasteiger charge is -2.20. The smallest absolute Gasteiger partial charge is 0.168 e. The first kappa shape index (κ1) is 23.4. The average Bonchev–Trinajstić information content (AvgIpc) is 3.68. The molecule has 1 aromatic carbocycles. The summed E-state index contributed by atoms with van der Waals surface area (Å²) >= 11 is 0. The number of nitrogens with zero attached hydrogens (tertiary/aromatic N) is 4. The van der Waals surface area contributed by atoms with Gasteiger partial charge in [0.2, 0.25) is 0 Å². The molecule has 2 heterocycles. The molecule has 1 fully saturated rings. The number of benzene rings is 1. The van der Waals surface area contributed by atoms with E-state index in [0.29, 0.717) is 16.9 Å². The number of nitrogens with one attached hydrogen (secondary N) is 3. The Bertz CT molecular complexity index is 1350. The summed E-state index contributed by atoms with van der Waals surface area (Å²) in [6.07, 6.45) is 19.9. The second-order valence-corrected chi connectivity index (χ2v) is 8.93. The third-order valence-electron chi connectivity index (χ3n) is 6.21. The van der Waals surface area contributed by atoms with Crippen molar-refractivity contribution >= 4 is 17.9 Å². The predicted octanol–water partition coefficient (Wildman–Crippen LogP) is 4.75. The van der Waals surface area contributed by atoms with Crippen molar-refractivity contribution in [3.63, 3.8) is 0 Å². The van der Waals surface area contributed by atoms with Gasteiger partial charge in [0, 0.05) is 41.8 Å². The van der Waals surface area contributed by atoms with Gasteiger partial charge in [-0.1, -0.05) is 42.5 Å². The normalized spacial score (nSPS) is 15.6. The summed E-state index contributed by atoms with van der Waals surface area (Å²) in [7, 11) is 0. The van der Waals surface area contributed by atoms with E-state index < -0.39 is 6.23 Å². The number of aliphatic hydroxyl groups excluding tert-OH is 1. The molecule has 0 aliphatic heterocycles. The molecule has 182 valence electrons.